The Labute approximate surface area is 189 Å². The van der Waals surface area contributed by atoms with Crippen molar-refractivity contribution in [2.45, 2.75) is 46.0 Å². The maximum Gasteiger partial charge on any atom is 0.267 e. The highest BCUT2D eigenvalue weighted by Crippen LogP contribution is 2.25. The van der Waals surface area contributed by atoms with Crippen molar-refractivity contribution < 1.29 is 10.0 Å². The highest BCUT2D eigenvalue weighted by molar-refractivity contribution is 5.91. The molecule has 0 aliphatic heterocycles. The minimum Gasteiger partial charge on any atom is -0.309 e. The molecule has 3 aromatic rings. The number of carbonyl (C=O) groups excluding carboxylic acids is 1. The maximum absolute atomic E-state index is 11.1. The van der Waals surface area contributed by atoms with Gasteiger partial charge in [0, 0.05) is 23.4 Å². The van der Waals surface area contributed by atoms with Gasteiger partial charge in [-0.1, -0.05) is 49.4 Å². The summed E-state index contributed by atoms with van der Waals surface area (Å²) in [6.45, 7) is 6.22. The standard InChI is InChI=1S/C26H30N4O2/c1-4-23(21-13-10-20(11-14-21)12-17-26(31)29-32)25(27)16-15-24-18(2)28-30(19(24)3)22-8-6-5-7-9-22/h5-14,17,23,27,32H,4,15-16H2,1-3H3,(H,29,31)/b17-12+,27-25?/t23-/m0/s1. The molecule has 1 atom stereocenters. The van der Waals surface area contributed by atoms with Crippen LogP contribution in [0, 0.1) is 19.3 Å². The van der Waals surface area contributed by atoms with Crippen LogP contribution in [0.1, 0.15) is 53.8 Å². The summed E-state index contributed by atoms with van der Waals surface area (Å²) in [6.07, 6.45) is 5.23. The van der Waals surface area contributed by atoms with E-state index in [1.807, 2.05) is 66.2 Å². The number of aromatic nitrogens is 2. The molecule has 6 nitrogen and oxygen atoms in total. The summed E-state index contributed by atoms with van der Waals surface area (Å²) in [5.41, 5.74) is 8.62. The third-order valence-electron chi connectivity index (χ3n) is 5.79. The molecule has 0 saturated heterocycles. The average molecular weight is 431 g/mol. The van der Waals surface area contributed by atoms with Gasteiger partial charge in [0.1, 0.15) is 0 Å². The topological polar surface area (TPSA) is 91.0 Å². The van der Waals surface area contributed by atoms with Gasteiger partial charge in [0.2, 0.25) is 0 Å². The lowest BCUT2D eigenvalue weighted by atomic mass is 9.88. The Bertz CT molecular complexity index is 1100. The number of carbonyl (C=O) groups is 1. The first-order valence-corrected chi connectivity index (χ1v) is 10.8. The zero-order valence-electron chi connectivity index (χ0n) is 18.8. The van der Waals surface area contributed by atoms with Gasteiger partial charge in [-0.15, -0.1) is 0 Å². The average Bonchev–Trinajstić information content (AvgIpc) is 3.11. The smallest absolute Gasteiger partial charge is 0.267 e. The summed E-state index contributed by atoms with van der Waals surface area (Å²) in [6, 6.07) is 18.0. The second kappa shape index (κ2) is 10.7. The van der Waals surface area contributed by atoms with E-state index in [2.05, 4.69) is 13.8 Å². The predicted molar refractivity (Wildman–Crippen MR) is 128 cm³/mol. The van der Waals surface area contributed by atoms with Crippen molar-refractivity contribution in [3.8, 4) is 5.69 Å². The summed E-state index contributed by atoms with van der Waals surface area (Å²) < 4.78 is 1.98. The Kier molecular flexibility index (Phi) is 7.73. The van der Waals surface area contributed by atoms with Crippen molar-refractivity contribution in [1.29, 1.82) is 5.41 Å². The number of hydrogen-bond acceptors (Lipinski definition) is 4. The number of nitrogens with zero attached hydrogens (tertiary/aromatic N) is 2. The van der Waals surface area contributed by atoms with E-state index in [1.54, 1.807) is 11.6 Å². The molecule has 2 aromatic carbocycles. The summed E-state index contributed by atoms with van der Waals surface area (Å²) in [5.74, 6) is -0.512. The highest BCUT2D eigenvalue weighted by Gasteiger charge is 2.18. The lowest BCUT2D eigenvalue weighted by Crippen LogP contribution is -2.14. The SMILES string of the molecule is CC[C@H](C(=N)CCc1c(C)nn(-c2ccccc2)c1C)c1ccc(/C=C/C(=O)NO)cc1. The molecule has 0 saturated carbocycles. The first-order chi connectivity index (χ1) is 15.4. The van der Waals surface area contributed by atoms with E-state index in [4.69, 9.17) is 15.7 Å². The number of nitrogens with one attached hydrogen (secondary N) is 2. The second-order valence-electron chi connectivity index (χ2n) is 7.86. The Morgan fingerprint density at radius 2 is 1.84 bits per heavy atom. The zero-order chi connectivity index (χ0) is 23.1. The van der Waals surface area contributed by atoms with Crippen molar-refractivity contribution in [2.75, 3.05) is 0 Å². The molecule has 0 bridgehead atoms. The number of amides is 1. The van der Waals surface area contributed by atoms with Crippen molar-refractivity contribution >= 4 is 17.7 Å². The van der Waals surface area contributed by atoms with Crippen LogP contribution in [-0.4, -0.2) is 26.6 Å². The monoisotopic (exact) mass is 430 g/mol. The normalized spacial score (nSPS) is 12.1. The third kappa shape index (κ3) is 5.39. The molecule has 1 amide bonds. The van der Waals surface area contributed by atoms with Crippen LogP contribution < -0.4 is 5.48 Å². The van der Waals surface area contributed by atoms with E-state index in [0.29, 0.717) is 12.1 Å². The molecule has 0 radical (unpaired) electrons. The van der Waals surface area contributed by atoms with Gasteiger partial charge in [0.05, 0.1) is 11.4 Å². The zero-order valence-corrected chi connectivity index (χ0v) is 18.8. The van der Waals surface area contributed by atoms with Crippen LogP contribution in [0.3, 0.4) is 0 Å². The summed E-state index contributed by atoms with van der Waals surface area (Å²) in [4.78, 5) is 11.1. The minimum absolute atomic E-state index is 0.0542. The Morgan fingerprint density at radius 3 is 2.47 bits per heavy atom. The fourth-order valence-corrected chi connectivity index (χ4v) is 4.02. The van der Waals surface area contributed by atoms with Gasteiger partial charge in [-0.3, -0.25) is 10.0 Å². The Hall–Kier alpha value is -3.51. The number of rotatable bonds is 9. The fourth-order valence-electron chi connectivity index (χ4n) is 4.02. The van der Waals surface area contributed by atoms with E-state index in [9.17, 15) is 4.79 Å². The van der Waals surface area contributed by atoms with Crippen LogP contribution in [0.2, 0.25) is 0 Å². The third-order valence-corrected chi connectivity index (χ3v) is 5.79. The van der Waals surface area contributed by atoms with Gasteiger partial charge in [-0.2, -0.15) is 5.10 Å². The molecule has 0 fully saturated rings. The number of benzene rings is 2. The Balaban J connectivity index is 1.69. The maximum atomic E-state index is 11.1. The quantitative estimate of drug-likeness (QED) is 0.190. The van der Waals surface area contributed by atoms with Crippen LogP contribution in [0.25, 0.3) is 11.8 Å². The molecule has 3 rings (SSSR count). The van der Waals surface area contributed by atoms with E-state index >= 15 is 0 Å². The molecule has 3 N–H and O–H groups in total. The molecule has 0 spiro atoms. The summed E-state index contributed by atoms with van der Waals surface area (Å²) in [5, 5.41) is 22.0. The second-order valence-corrected chi connectivity index (χ2v) is 7.86. The van der Waals surface area contributed by atoms with Gasteiger partial charge in [0.15, 0.2) is 0 Å². The van der Waals surface area contributed by atoms with Gasteiger partial charge < -0.3 is 5.41 Å². The number of hydroxylamine groups is 1. The minimum atomic E-state index is -0.566. The number of para-hydroxylation sites is 1. The number of aryl methyl sites for hydroxylation is 1. The molecule has 0 aliphatic rings. The largest absolute Gasteiger partial charge is 0.309 e. The molecule has 0 aliphatic carbocycles. The van der Waals surface area contributed by atoms with E-state index in [1.165, 1.54) is 11.6 Å². The molecule has 166 valence electrons. The van der Waals surface area contributed by atoms with E-state index in [0.717, 1.165) is 41.0 Å². The van der Waals surface area contributed by atoms with Crippen molar-refractivity contribution in [1.82, 2.24) is 15.3 Å². The van der Waals surface area contributed by atoms with Crippen LogP contribution in [0.15, 0.2) is 60.7 Å². The Morgan fingerprint density at radius 1 is 1.16 bits per heavy atom. The van der Waals surface area contributed by atoms with Gasteiger partial charge >= 0.3 is 0 Å². The molecular formula is C26H30N4O2. The van der Waals surface area contributed by atoms with Crippen LogP contribution in [0.5, 0.6) is 0 Å². The molecule has 0 unspecified atom stereocenters. The predicted octanol–water partition coefficient (Wildman–Crippen LogP) is 5.15. The molecule has 1 aromatic heterocycles. The molecule has 1 heterocycles. The van der Waals surface area contributed by atoms with Gasteiger partial charge in [0.25, 0.3) is 5.91 Å². The van der Waals surface area contributed by atoms with Crippen molar-refractivity contribution in [3.05, 3.63) is 88.8 Å². The van der Waals surface area contributed by atoms with Crippen molar-refractivity contribution in [3.63, 3.8) is 0 Å². The highest BCUT2D eigenvalue weighted by atomic mass is 16.5. The molecule has 6 heteroatoms. The first-order valence-electron chi connectivity index (χ1n) is 10.8. The molecular weight excluding hydrogens is 400 g/mol. The first kappa shape index (κ1) is 23.2. The number of hydrogen-bond donors (Lipinski definition) is 3. The van der Waals surface area contributed by atoms with Crippen LogP contribution >= 0.6 is 0 Å². The molecule has 32 heavy (non-hydrogen) atoms. The summed E-state index contributed by atoms with van der Waals surface area (Å²) in [7, 11) is 0. The van der Waals surface area contributed by atoms with Crippen LogP contribution in [-0.2, 0) is 11.2 Å². The lowest BCUT2D eigenvalue weighted by molar-refractivity contribution is -0.124. The van der Waals surface area contributed by atoms with E-state index in [-0.39, 0.29) is 5.92 Å². The van der Waals surface area contributed by atoms with Crippen molar-refractivity contribution in [2.24, 2.45) is 0 Å². The van der Waals surface area contributed by atoms with Gasteiger partial charge in [-0.05, 0) is 68.0 Å². The lowest BCUT2D eigenvalue weighted by Gasteiger charge is -2.17. The van der Waals surface area contributed by atoms with E-state index < -0.39 is 5.91 Å². The fraction of sp³-hybridized carbons (Fsp3) is 0.269. The van der Waals surface area contributed by atoms with Crippen LogP contribution in [0.4, 0.5) is 0 Å². The van der Waals surface area contributed by atoms with Gasteiger partial charge in [-0.25, -0.2) is 10.2 Å². The summed E-state index contributed by atoms with van der Waals surface area (Å²) >= 11 is 0.